The highest BCUT2D eigenvalue weighted by molar-refractivity contribution is 14.1. The summed E-state index contributed by atoms with van der Waals surface area (Å²) in [4.78, 5) is 45.9. The molecular weight excluding hydrogens is 841 g/mol. The van der Waals surface area contributed by atoms with Gasteiger partial charge in [-0.05, 0) is 71.1 Å². The van der Waals surface area contributed by atoms with E-state index >= 15 is 0 Å². The first-order valence-corrected chi connectivity index (χ1v) is 18.4. The molecule has 4 heterocycles. The molecule has 57 heavy (non-hydrogen) atoms. The van der Waals surface area contributed by atoms with Gasteiger partial charge in [0.25, 0.3) is 0 Å². The van der Waals surface area contributed by atoms with E-state index < -0.39 is 0 Å². The van der Waals surface area contributed by atoms with Crippen molar-refractivity contribution in [2.24, 2.45) is 0 Å². The Morgan fingerprint density at radius 3 is 1.58 bits per heavy atom. The third kappa shape index (κ3) is 8.48. The van der Waals surface area contributed by atoms with Crippen molar-refractivity contribution in [3.63, 3.8) is 0 Å². The monoisotopic (exact) mass is 875 g/mol. The SMILES string of the molecule is COc1ccc(Nc2ncc3c(n2)-c2ccc(I)cc2NC(=O)C3)cc1OC.[C-]#[N+]c1ccc2c(c1)NC(=O)Cc1cnc(Nc3ccc(OC)c(OC)c3)nc1-2. The molecule has 6 aromatic rings. The Morgan fingerprint density at radius 1 is 0.632 bits per heavy atom. The Balaban J connectivity index is 0.000000174. The van der Waals surface area contributed by atoms with Gasteiger partial charge in [0.05, 0.1) is 64.9 Å². The van der Waals surface area contributed by atoms with Crippen LogP contribution >= 0.6 is 22.6 Å². The summed E-state index contributed by atoms with van der Waals surface area (Å²) in [7, 11) is 6.32. The molecule has 4 aromatic carbocycles. The van der Waals surface area contributed by atoms with Crippen LogP contribution < -0.4 is 40.2 Å². The second-order valence-corrected chi connectivity index (χ2v) is 13.8. The minimum absolute atomic E-state index is 0.0776. The van der Waals surface area contributed by atoms with Gasteiger partial charge in [-0.15, -0.1) is 0 Å². The minimum Gasteiger partial charge on any atom is -0.493 e. The first-order chi connectivity index (χ1) is 27.7. The number of nitrogens with one attached hydrogen (secondary N) is 4. The second-order valence-electron chi connectivity index (χ2n) is 12.5. The van der Waals surface area contributed by atoms with Crippen molar-refractivity contribution >= 4 is 74.7 Å². The lowest BCUT2D eigenvalue weighted by atomic mass is 10.0. The normalized spacial score (nSPS) is 12.1. The molecule has 16 heteroatoms. The van der Waals surface area contributed by atoms with Crippen LogP contribution in [0.25, 0.3) is 27.4 Å². The molecule has 8 rings (SSSR count). The van der Waals surface area contributed by atoms with E-state index in [0.29, 0.717) is 52.0 Å². The fraction of sp³-hybridized carbons (Fsp3) is 0.146. The minimum atomic E-state index is -0.170. The number of ether oxygens (including phenoxy) is 4. The Morgan fingerprint density at radius 2 is 1.11 bits per heavy atom. The van der Waals surface area contributed by atoms with Crippen molar-refractivity contribution < 1.29 is 28.5 Å². The lowest BCUT2D eigenvalue weighted by molar-refractivity contribution is -0.116. The molecular formula is C41H34IN9O6. The first-order valence-electron chi connectivity index (χ1n) is 17.3. The summed E-state index contributed by atoms with van der Waals surface area (Å²) in [6.45, 7) is 7.19. The van der Waals surface area contributed by atoms with Crippen molar-refractivity contribution in [1.29, 1.82) is 0 Å². The molecule has 0 bridgehead atoms. The summed E-state index contributed by atoms with van der Waals surface area (Å²) in [5, 5.41) is 12.1. The van der Waals surface area contributed by atoms with Gasteiger partial charge in [0.2, 0.25) is 23.7 Å². The fourth-order valence-corrected chi connectivity index (χ4v) is 6.71. The number of fused-ring (bicyclic) bond motifs is 6. The van der Waals surface area contributed by atoms with E-state index in [-0.39, 0.29) is 24.7 Å². The highest BCUT2D eigenvalue weighted by Crippen LogP contribution is 2.38. The second kappa shape index (κ2) is 16.8. The number of anilines is 6. The van der Waals surface area contributed by atoms with Gasteiger partial charge in [-0.2, -0.15) is 0 Å². The van der Waals surface area contributed by atoms with E-state index in [9.17, 15) is 9.59 Å². The Labute approximate surface area is 341 Å². The Hall–Kier alpha value is -7.00. The number of amides is 2. The van der Waals surface area contributed by atoms with E-state index in [0.717, 1.165) is 48.6 Å². The van der Waals surface area contributed by atoms with Crippen molar-refractivity contribution in [2.45, 2.75) is 12.8 Å². The molecule has 286 valence electrons. The van der Waals surface area contributed by atoms with Gasteiger partial charge in [0.1, 0.15) is 0 Å². The molecule has 0 aliphatic carbocycles. The highest BCUT2D eigenvalue weighted by atomic mass is 127. The van der Waals surface area contributed by atoms with Gasteiger partial charge in [0, 0.05) is 67.4 Å². The van der Waals surface area contributed by atoms with Crippen molar-refractivity contribution in [2.75, 3.05) is 49.7 Å². The van der Waals surface area contributed by atoms with Gasteiger partial charge in [-0.25, -0.2) is 24.8 Å². The molecule has 0 unspecified atom stereocenters. The van der Waals surface area contributed by atoms with Crippen molar-refractivity contribution in [3.8, 4) is 45.5 Å². The summed E-state index contributed by atoms with van der Waals surface area (Å²) >= 11 is 2.22. The van der Waals surface area contributed by atoms with Gasteiger partial charge in [-0.3, -0.25) is 9.59 Å². The van der Waals surface area contributed by atoms with Crippen LogP contribution in [-0.4, -0.2) is 60.2 Å². The summed E-state index contributed by atoms with van der Waals surface area (Å²) in [6, 6.07) is 21.9. The van der Waals surface area contributed by atoms with E-state index in [1.807, 2.05) is 42.5 Å². The van der Waals surface area contributed by atoms with E-state index in [1.54, 1.807) is 71.2 Å². The number of hydrogen-bond acceptors (Lipinski definition) is 12. The average molecular weight is 876 g/mol. The fourth-order valence-electron chi connectivity index (χ4n) is 6.22. The highest BCUT2D eigenvalue weighted by Gasteiger charge is 2.23. The maximum Gasteiger partial charge on any atom is 0.228 e. The number of aromatic nitrogens is 4. The van der Waals surface area contributed by atoms with Crippen LogP contribution in [0.5, 0.6) is 23.0 Å². The molecule has 2 amide bonds. The van der Waals surface area contributed by atoms with Crippen LogP contribution in [0.4, 0.5) is 40.3 Å². The lowest BCUT2D eigenvalue weighted by Gasteiger charge is -2.12. The number of hydrogen-bond donors (Lipinski definition) is 4. The predicted octanol–water partition coefficient (Wildman–Crippen LogP) is 7.95. The smallest absolute Gasteiger partial charge is 0.228 e. The van der Waals surface area contributed by atoms with E-state index in [1.165, 1.54) is 0 Å². The molecule has 0 fully saturated rings. The van der Waals surface area contributed by atoms with Crippen molar-refractivity contribution in [1.82, 2.24) is 19.9 Å². The van der Waals surface area contributed by atoms with Gasteiger partial charge in [0.15, 0.2) is 28.7 Å². The standard InChI is InChI=1S/C21H17N5O3.C20H17IN4O3/c1-22-13-4-6-15-16(9-13)25-19(27)8-12-11-23-21(26-20(12)15)24-14-5-7-17(28-2)18(10-14)29-3;1-27-16-6-4-13(9-17(16)28-2)23-20-22-10-11-7-18(26)24-15-8-12(21)3-5-14(15)19(11)25-20/h4-7,9-11H,8H2,2-3H3,(H,25,27)(H,23,24,26);3-6,8-10H,7H2,1-2H3,(H,24,26)(H,22,23,25). The Bertz CT molecular complexity index is 2580. The van der Waals surface area contributed by atoms with Crippen LogP contribution in [0.15, 0.2) is 85.2 Å². The number of carbonyl (C=O) groups excluding carboxylic acids is 2. The molecule has 15 nitrogen and oxygen atoms in total. The largest absolute Gasteiger partial charge is 0.493 e. The number of rotatable bonds is 8. The number of nitrogens with zero attached hydrogens (tertiary/aromatic N) is 5. The third-order valence-electron chi connectivity index (χ3n) is 8.88. The lowest BCUT2D eigenvalue weighted by Crippen LogP contribution is -2.12. The van der Waals surface area contributed by atoms with Gasteiger partial charge < -0.3 is 40.2 Å². The quantitative estimate of drug-likeness (QED) is 0.0860. The molecule has 2 aliphatic rings. The molecule has 2 aliphatic heterocycles. The topological polar surface area (TPSA) is 175 Å². The number of halogens is 1. The van der Waals surface area contributed by atoms with E-state index in [2.05, 4.69) is 68.6 Å². The maximum absolute atomic E-state index is 12.2. The van der Waals surface area contributed by atoms with Gasteiger partial charge in [-0.1, -0.05) is 12.1 Å². The molecule has 0 atom stereocenters. The molecule has 4 N–H and O–H groups in total. The first kappa shape index (κ1) is 38.3. The summed E-state index contributed by atoms with van der Waals surface area (Å²) in [5.41, 5.74) is 7.78. The Kier molecular flexibility index (Phi) is 11.3. The summed E-state index contributed by atoms with van der Waals surface area (Å²) in [5.74, 6) is 3.02. The third-order valence-corrected chi connectivity index (χ3v) is 9.55. The zero-order chi connectivity index (χ0) is 40.1. The molecule has 2 aromatic heterocycles. The molecule has 0 spiro atoms. The summed E-state index contributed by atoms with van der Waals surface area (Å²) < 4.78 is 22.2. The molecule has 0 saturated carbocycles. The molecule has 0 saturated heterocycles. The van der Waals surface area contributed by atoms with Gasteiger partial charge >= 0.3 is 0 Å². The van der Waals surface area contributed by atoms with Crippen LogP contribution in [0.3, 0.4) is 0 Å². The van der Waals surface area contributed by atoms with E-state index in [4.69, 9.17) is 25.5 Å². The van der Waals surface area contributed by atoms with Crippen LogP contribution in [0.2, 0.25) is 0 Å². The maximum atomic E-state index is 12.2. The predicted molar refractivity (Wildman–Crippen MR) is 224 cm³/mol. The van der Waals surface area contributed by atoms with Crippen LogP contribution in [-0.2, 0) is 22.4 Å². The zero-order valence-electron chi connectivity index (χ0n) is 31.1. The number of methoxy groups -OCH3 is 4. The zero-order valence-corrected chi connectivity index (χ0v) is 33.2. The average Bonchev–Trinajstić information content (AvgIpc) is 3.45. The number of benzene rings is 4. The molecule has 0 radical (unpaired) electrons. The van der Waals surface area contributed by atoms with Crippen molar-refractivity contribution in [3.05, 3.63) is 111 Å². The van der Waals surface area contributed by atoms with Crippen LogP contribution in [0.1, 0.15) is 11.1 Å². The number of carbonyl (C=O) groups is 2. The summed E-state index contributed by atoms with van der Waals surface area (Å²) in [6.07, 6.45) is 3.73. The van der Waals surface area contributed by atoms with Crippen LogP contribution in [0, 0.1) is 10.1 Å².